The van der Waals surface area contributed by atoms with Crippen LogP contribution < -0.4 is 4.74 Å². The Morgan fingerprint density at radius 2 is 2.06 bits per heavy atom. The van der Waals surface area contributed by atoms with Gasteiger partial charge in [-0.1, -0.05) is 22.0 Å². The fourth-order valence-corrected chi connectivity index (χ4v) is 1.73. The Bertz CT molecular complexity index is 396. The molecular formula is C14H19BrO3. The summed E-state index contributed by atoms with van der Waals surface area (Å²) in [6.45, 7) is 6.10. The summed E-state index contributed by atoms with van der Waals surface area (Å²) in [7, 11) is 0. The lowest BCUT2D eigenvalue weighted by molar-refractivity contribution is -0.155. The number of halogens is 1. The van der Waals surface area contributed by atoms with Crippen LogP contribution in [0.1, 0.15) is 33.6 Å². The molecule has 1 aromatic rings. The minimum atomic E-state index is -0.414. The summed E-state index contributed by atoms with van der Waals surface area (Å²) in [5, 5.41) is 0. The Kier molecular flexibility index (Phi) is 5.66. The van der Waals surface area contributed by atoms with E-state index in [1.165, 1.54) is 0 Å². The monoisotopic (exact) mass is 314 g/mol. The molecule has 18 heavy (non-hydrogen) atoms. The number of rotatable bonds is 5. The highest BCUT2D eigenvalue weighted by molar-refractivity contribution is 9.10. The van der Waals surface area contributed by atoms with Crippen molar-refractivity contribution < 1.29 is 14.3 Å². The zero-order valence-corrected chi connectivity index (χ0v) is 12.6. The van der Waals surface area contributed by atoms with Crippen LogP contribution in [0.25, 0.3) is 0 Å². The predicted molar refractivity (Wildman–Crippen MR) is 74.7 cm³/mol. The van der Waals surface area contributed by atoms with Gasteiger partial charge in [0.15, 0.2) is 0 Å². The first kappa shape index (κ1) is 15.0. The van der Waals surface area contributed by atoms with Gasteiger partial charge >= 0.3 is 5.97 Å². The van der Waals surface area contributed by atoms with Crippen LogP contribution in [0.3, 0.4) is 0 Å². The van der Waals surface area contributed by atoms with Gasteiger partial charge in [-0.2, -0.15) is 0 Å². The van der Waals surface area contributed by atoms with Gasteiger partial charge < -0.3 is 9.47 Å². The molecule has 0 unspecified atom stereocenters. The van der Waals surface area contributed by atoms with E-state index in [1.54, 1.807) is 0 Å². The molecule has 0 aliphatic rings. The van der Waals surface area contributed by atoms with E-state index >= 15 is 0 Å². The molecule has 0 fully saturated rings. The van der Waals surface area contributed by atoms with Crippen LogP contribution in [-0.2, 0) is 9.53 Å². The third-order valence-corrected chi connectivity index (χ3v) is 2.50. The van der Waals surface area contributed by atoms with Crippen molar-refractivity contribution >= 4 is 21.9 Å². The van der Waals surface area contributed by atoms with Gasteiger partial charge in [0, 0.05) is 10.9 Å². The minimum Gasteiger partial charge on any atom is -0.494 e. The molecule has 0 saturated heterocycles. The van der Waals surface area contributed by atoms with Crippen LogP contribution in [0.4, 0.5) is 0 Å². The average Bonchev–Trinajstić information content (AvgIpc) is 2.22. The van der Waals surface area contributed by atoms with Crippen LogP contribution in [0.5, 0.6) is 5.75 Å². The number of carbonyl (C=O) groups excluding carboxylic acids is 1. The maximum Gasteiger partial charge on any atom is 0.306 e. The fourth-order valence-electron chi connectivity index (χ4n) is 1.36. The Hall–Kier alpha value is -1.03. The first-order chi connectivity index (χ1) is 8.37. The molecule has 0 aliphatic heterocycles. The average molecular weight is 315 g/mol. The second-order valence-corrected chi connectivity index (χ2v) is 5.91. The van der Waals surface area contributed by atoms with Crippen molar-refractivity contribution in [3.8, 4) is 5.75 Å². The Morgan fingerprint density at radius 3 is 2.67 bits per heavy atom. The van der Waals surface area contributed by atoms with Crippen molar-refractivity contribution in [3.63, 3.8) is 0 Å². The molecule has 0 bridgehead atoms. The first-order valence-corrected chi connectivity index (χ1v) is 6.76. The Morgan fingerprint density at radius 1 is 1.33 bits per heavy atom. The summed E-state index contributed by atoms with van der Waals surface area (Å²) >= 11 is 3.37. The molecule has 0 atom stereocenters. The van der Waals surface area contributed by atoms with Crippen molar-refractivity contribution in [1.29, 1.82) is 0 Å². The third kappa shape index (κ3) is 6.64. The van der Waals surface area contributed by atoms with Crippen LogP contribution in [0.15, 0.2) is 28.7 Å². The molecular weight excluding hydrogens is 296 g/mol. The maximum absolute atomic E-state index is 11.4. The summed E-state index contributed by atoms with van der Waals surface area (Å²) < 4.78 is 11.7. The molecule has 100 valence electrons. The highest BCUT2D eigenvalue weighted by atomic mass is 79.9. The molecule has 0 N–H and O–H groups in total. The topological polar surface area (TPSA) is 35.5 Å². The molecule has 0 radical (unpaired) electrons. The van der Waals surface area contributed by atoms with E-state index in [-0.39, 0.29) is 5.97 Å². The van der Waals surface area contributed by atoms with Gasteiger partial charge in [0.05, 0.1) is 6.61 Å². The third-order valence-electron chi connectivity index (χ3n) is 2.01. The zero-order chi connectivity index (χ0) is 13.6. The van der Waals surface area contributed by atoms with Crippen LogP contribution in [-0.4, -0.2) is 18.2 Å². The number of benzene rings is 1. The van der Waals surface area contributed by atoms with E-state index in [4.69, 9.17) is 9.47 Å². The van der Waals surface area contributed by atoms with Gasteiger partial charge in [-0.25, -0.2) is 0 Å². The predicted octanol–water partition coefficient (Wildman–Crippen LogP) is 3.95. The lowest BCUT2D eigenvalue weighted by Gasteiger charge is -2.19. The summed E-state index contributed by atoms with van der Waals surface area (Å²) in [4.78, 5) is 11.4. The summed E-state index contributed by atoms with van der Waals surface area (Å²) in [6, 6.07) is 7.63. The van der Waals surface area contributed by atoms with Gasteiger partial charge in [0.2, 0.25) is 0 Å². The van der Waals surface area contributed by atoms with E-state index in [2.05, 4.69) is 15.9 Å². The summed E-state index contributed by atoms with van der Waals surface area (Å²) in [5.74, 6) is 0.619. The van der Waals surface area contributed by atoms with Crippen molar-refractivity contribution in [2.24, 2.45) is 0 Å². The van der Waals surface area contributed by atoms with Crippen LogP contribution in [0.2, 0.25) is 0 Å². The van der Waals surface area contributed by atoms with E-state index in [9.17, 15) is 4.79 Å². The Balaban J connectivity index is 2.21. The quantitative estimate of drug-likeness (QED) is 0.610. The summed E-state index contributed by atoms with van der Waals surface area (Å²) in [5.41, 5.74) is -0.414. The van der Waals surface area contributed by atoms with Gasteiger partial charge in [-0.3, -0.25) is 4.79 Å². The zero-order valence-electron chi connectivity index (χ0n) is 11.0. The maximum atomic E-state index is 11.4. The van der Waals surface area contributed by atoms with Crippen molar-refractivity contribution in [2.45, 2.75) is 39.2 Å². The highest BCUT2D eigenvalue weighted by Gasteiger charge is 2.15. The van der Waals surface area contributed by atoms with Crippen molar-refractivity contribution in [3.05, 3.63) is 28.7 Å². The lowest BCUT2D eigenvalue weighted by Crippen LogP contribution is -2.23. The van der Waals surface area contributed by atoms with E-state index in [1.807, 2.05) is 45.0 Å². The number of carbonyl (C=O) groups is 1. The van der Waals surface area contributed by atoms with E-state index in [0.717, 1.165) is 10.2 Å². The van der Waals surface area contributed by atoms with Gasteiger partial charge in [-0.05, 0) is 45.4 Å². The molecule has 1 rings (SSSR count). The van der Waals surface area contributed by atoms with E-state index < -0.39 is 5.60 Å². The minimum absolute atomic E-state index is 0.180. The molecule has 1 aromatic carbocycles. The van der Waals surface area contributed by atoms with Crippen LogP contribution in [0, 0.1) is 0 Å². The summed E-state index contributed by atoms with van der Waals surface area (Å²) in [6.07, 6.45) is 1.03. The second kappa shape index (κ2) is 6.78. The number of hydrogen-bond donors (Lipinski definition) is 0. The van der Waals surface area contributed by atoms with Gasteiger partial charge in [-0.15, -0.1) is 0 Å². The fraction of sp³-hybridized carbons (Fsp3) is 0.500. The number of ether oxygens (including phenoxy) is 2. The smallest absolute Gasteiger partial charge is 0.306 e. The van der Waals surface area contributed by atoms with Gasteiger partial charge in [0.1, 0.15) is 11.4 Å². The second-order valence-electron chi connectivity index (χ2n) is 5.00. The van der Waals surface area contributed by atoms with E-state index in [0.29, 0.717) is 19.4 Å². The van der Waals surface area contributed by atoms with Crippen molar-refractivity contribution in [2.75, 3.05) is 6.61 Å². The SMILES string of the molecule is CC(C)(C)OC(=O)CCCOc1cccc(Br)c1. The largest absolute Gasteiger partial charge is 0.494 e. The molecule has 0 aliphatic carbocycles. The highest BCUT2D eigenvalue weighted by Crippen LogP contribution is 2.18. The lowest BCUT2D eigenvalue weighted by atomic mass is 10.2. The standard InChI is InChI=1S/C14H19BrO3/c1-14(2,3)18-13(16)8-5-9-17-12-7-4-6-11(15)10-12/h4,6-7,10H,5,8-9H2,1-3H3. The molecule has 0 spiro atoms. The first-order valence-electron chi connectivity index (χ1n) is 5.97. The normalized spacial score (nSPS) is 11.1. The van der Waals surface area contributed by atoms with Crippen molar-refractivity contribution in [1.82, 2.24) is 0 Å². The molecule has 3 nitrogen and oxygen atoms in total. The van der Waals surface area contributed by atoms with Crippen LogP contribution >= 0.6 is 15.9 Å². The molecule has 0 amide bonds. The number of hydrogen-bond acceptors (Lipinski definition) is 3. The molecule has 0 aromatic heterocycles. The molecule has 4 heteroatoms. The van der Waals surface area contributed by atoms with Gasteiger partial charge in [0.25, 0.3) is 0 Å². The molecule has 0 saturated carbocycles. The number of esters is 1. The Labute approximate surface area is 117 Å². The molecule has 0 heterocycles.